The van der Waals surface area contributed by atoms with Gasteiger partial charge in [0.25, 0.3) is 0 Å². The van der Waals surface area contributed by atoms with Crippen LogP contribution < -0.4 is 15.4 Å². The van der Waals surface area contributed by atoms with Crippen LogP contribution in [0.1, 0.15) is 19.8 Å². The Morgan fingerprint density at radius 3 is 2.62 bits per heavy atom. The van der Waals surface area contributed by atoms with Gasteiger partial charge in [-0.05, 0) is 31.9 Å². The van der Waals surface area contributed by atoms with Crippen molar-refractivity contribution < 1.29 is 4.74 Å². The molecule has 21 heavy (non-hydrogen) atoms. The van der Waals surface area contributed by atoms with Gasteiger partial charge in [-0.25, -0.2) is 4.99 Å². The van der Waals surface area contributed by atoms with Gasteiger partial charge >= 0.3 is 0 Å². The van der Waals surface area contributed by atoms with Crippen molar-refractivity contribution in [3.8, 4) is 5.75 Å². The molecule has 0 radical (unpaired) electrons. The molecular weight excluding hydrogens is 377 g/mol. The van der Waals surface area contributed by atoms with Crippen LogP contribution in [0.2, 0.25) is 0 Å². The number of aliphatic imine (C=N–C) groups is 1. The van der Waals surface area contributed by atoms with E-state index in [4.69, 9.17) is 4.74 Å². The van der Waals surface area contributed by atoms with E-state index in [9.17, 15) is 0 Å². The van der Waals surface area contributed by atoms with Crippen molar-refractivity contribution in [1.29, 1.82) is 0 Å². The highest BCUT2D eigenvalue weighted by Gasteiger charge is 2.11. The van der Waals surface area contributed by atoms with Crippen LogP contribution >= 0.6 is 24.0 Å². The summed E-state index contributed by atoms with van der Waals surface area (Å²) in [5, 5.41) is 6.70. The molecule has 0 aromatic heterocycles. The second kappa shape index (κ2) is 10.5. The van der Waals surface area contributed by atoms with Crippen LogP contribution in [0.15, 0.2) is 47.5 Å². The Morgan fingerprint density at radius 2 is 1.95 bits per heavy atom. The number of halogens is 1. The minimum absolute atomic E-state index is 0. The van der Waals surface area contributed by atoms with Crippen LogP contribution in [0.3, 0.4) is 0 Å². The van der Waals surface area contributed by atoms with E-state index in [0.29, 0.717) is 19.2 Å². The molecule has 1 aromatic rings. The van der Waals surface area contributed by atoms with Gasteiger partial charge in [0.2, 0.25) is 0 Å². The van der Waals surface area contributed by atoms with Crippen LogP contribution in [-0.4, -0.2) is 31.7 Å². The zero-order valence-corrected chi connectivity index (χ0v) is 14.7. The summed E-state index contributed by atoms with van der Waals surface area (Å²) in [7, 11) is 0. The number of ether oxygens (including phenoxy) is 1. The molecule has 5 heteroatoms. The second-order valence-corrected chi connectivity index (χ2v) is 4.71. The molecule has 0 spiro atoms. The molecule has 0 heterocycles. The Balaban J connectivity index is 0.00000220. The number of nitrogens with one attached hydrogen (secondary N) is 2. The highest BCUT2D eigenvalue weighted by Crippen LogP contribution is 2.09. The molecule has 1 aliphatic rings. The van der Waals surface area contributed by atoms with E-state index in [1.54, 1.807) is 0 Å². The summed E-state index contributed by atoms with van der Waals surface area (Å²) in [4.78, 5) is 4.53. The first-order valence-electron chi connectivity index (χ1n) is 7.26. The van der Waals surface area contributed by atoms with Crippen molar-refractivity contribution in [2.24, 2.45) is 4.99 Å². The summed E-state index contributed by atoms with van der Waals surface area (Å²) < 4.78 is 5.63. The number of hydrogen-bond donors (Lipinski definition) is 2. The average Bonchev–Trinajstić information content (AvgIpc) is 2.98. The molecule has 0 unspecified atom stereocenters. The van der Waals surface area contributed by atoms with E-state index >= 15 is 0 Å². The molecule has 1 aliphatic carbocycles. The summed E-state index contributed by atoms with van der Waals surface area (Å²) in [5.74, 6) is 1.76. The van der Waals surface area contributed by atoms with Crippen LogP contribution in [0.4, 0.5) is 0 Å². The van der Waals surface area contributed by atoms with Gasteiger partial charge in [-0.1, -0.05) is 30.4 Å². The molecule has 0 saturated heterocycles. The van der Waals surface area contributed by atoms with Crippen molar-refractivity contribution in [3.63, 3.8) is 0 Å². The van der Waals surface area contributed by atoms with Gasteiger partial charge in [0.15, 0.2) is 5.96 Å². The Hall–Kier alpha value is -1.24. The molecule has 0 aliphatic heterocycles. The van der Waals surface area contributed by atoms with Gasteiger partial charge in [-0.2, -0.15) is 0 Å². The lowest BCUT2D eigenvalue weighted by Gasteiger charge is -2.16. The summed E-state index contributed by atoms with van der Waals surface area (Å²) in [6.07, 6.45) is 6.56. The zero-order chi connectivity index (χ0) is 14.0. The minimum atomic E-state index is 0. The van der Waals surface area contributed by atoms with Gasteiger partial charge in [0.05, 0.1) is 6.54 Å². The van der Waals surface area contributed by atoms with Crippen LogP contribution in [0.5, 0.6) is 5.75 Å². The van der Waals surface area contributed by atoms with Crippen LogP contribution in [-0.2, 0) is 0 Å². The molecule has 0 fully saturated rings. The van der Waals surface area contributed by atoms with Crippen LogP contribution in [0.25, 0.3) is 0 Å². The molecule has 4 nitrogen and oxygen atoms in total. The molecular formula is C16H24IN3O. The Morgan fingerprint density at radius 1 is 1.24 bits per heavy atom. The third-order valence-corrected chi connectivity index (χ3v) is 3.07. The van der Waals surface area contributed by atoms with Crippen molar-refractivity contribution in [3.05, 3.63) is 42.5 Å². The quantitative estimate of drug-likeness (QED) is 0.253. The topological polar surface area (TPSA) is 45.7 Å². The summed E-state index contributed by atoms with van der Waals surface area (Å²) in [6.45, 7) is 4.17. The van der Waals surface area contributed by atoms with Crippen molar-refractivity contribution in [2.45, 2.75) is 25.8 Å². The summed E-state index contributed by atoms with van der Waals surface area (Å²) in [6, 6.07) is 10.3. The standard InChI is InChI=1S/C16H23N3O.HI/c1-2-17-16(19-14-8-6-7-9-14)18-12-13-20-15-10-4-3-5-11-15;/h3-7,10-11,14H,2,8-9,12-13H2,1H3,(H2,17,18,19);1H. The largest absolute Gasteiger partial charge is 0.492 e. The van der Waals surface area contributed by atoms with Crippen molar-refractivity contribution in [1.82, 2.24) is 10.6 Å². The van der Waals surface area contributed by atoms with Gasteiger partial charge < -0.3 is 15.4 Å². The molecule has 0 atom stereocenters. The van der Waals surface area contributed by atoms with E-state index in [-0.39, 0.29) is 24.0 Å². The Kier molecular flexibility index (Phi) is 8.89. The zero-order valence-electron chi connectivity index (χ0n) is 12.4. The predicted molar refractivity (Wildman–Crippen MR) is 98.6 cm³/mol. The van der Waals surface area contributed by atoms with Gasteiger partial charge in [0.1, 0.15) is 12.4 Å². The molecule has 0 saturated carbocycles. The first-order chi connectivity index (χ1) is 9.88. The van der Waals surface area contributed by atoms with E-state index in [1.807, 2.05) is 30.3 Å². The first-order valence-corrected chi connectivity index (χ1v) is 7.26. The van der Waals surface area contributed by atoms with Crippen molar-refractivity contribution >= 4 is 29.9 Å². The third kappa shape index (κ3) is 6.84. The molecule has 2 rings (SSSR count). The van der Waals surface area contributed by atoms with Crippen molar-refractivity contribution in [2.75, 3.05) is 19.7 Å². The monoisotopic (exact) mass is 401 g/mol. The maximum absolute atomic E-state index is 5.63. The highest BCUT2D eigenvalue weighted by molar-refractivity contribution is 14.0. The molecule has 1 aromatic carbocycles. The van der Waals surface area contributed by atoms with Crippen LogP contribution in [0, 0.1) is 0 Å². The number of guanidine groups is 1. The number of para-hydroxylation sites is 1. The number of benzene rings is 1. The first kappa shape index (κ1) is 17.8. The third-order valence-electron chi connectivity index (χ3n) is 3.07. The highest BCUT2D eigenvalue weighted by atomic mass is 127. The fourth-order valence-electron chi connectivity index (χ4n) is 2.09. The normalized spacial score (nSPS) is 14.6. The van der Waals surface area contributed by atoms with E-state index in [1.165, 1.54) is 0 Å². The lowest BCUT2D eigenvalue weighted by molar-refractivity contribution is 0.328. The van der Waals surface area contributed by atoms with E-state index in [0.717, 1.165) is 31.1 Å². The fourth-order valence-corrected chi connectivity index (χ4v) is 2.09. The van der Waals surface area contributed by atoms with E-state index < -0.39 is 0 Å². The number of nitrogens with zero attached hydrogens (tertiary/aromatic N) is 1. The Labute approximate surface area is 144 Å². The summed E-state index contributed by atoms with van der Waals surface area (Å²) in [5.41, 5.74) is 0. The lowest BCUT2D eigenvalue weighted by atomic mass is 10.2. The molecule has 2 N–H and O–H groups in total. The SMILES string of the molecule is CCNC(=NCCOc1ccccc1)NC1CC=CC1.I. The van der Waals surface area contributed by atoms with Gasteiger partial charge in [-0.3, -0.25) is 0 Å². The lowest BCUT2D eigenvalue weighted by Crippen LogP contribution is -2.42. The molecule has 0 amide bonds. The molecule has 0 bridgehead atoms. The summed E-state index contributed by atoms with van der Waals surface area (Å²) >= 11 is 0. The maximum atomic E-state index is 5.63. The Bertz CT molecular complexity index is 440. The minimum Gasteiger partial charge on any atom is -0.492 e. The fraction of sp³-hybridized carbons (Fsp3) is 0.438. The van der Waals surface area contributed by atoms with Gasteiger partial charge in [-0.15, -0.1) is 24.0 Å². The predicted octanol–water partition coefficient (Wildman–Crippen LogP) is 2.96. The number of rotatable bonds is 6. The maximum Gasteiger partial charge on any atom is 0.191 e. The molecule has 116 valence electrons. The second-order valence-electron chi connectivity index (χ2n) is 4.71. The van der Waals surface area contributed by atoms with Gasteiger partial charge in [0, 0.05) is 12.6 Å². The number of hydrogen-bond acceptors (Lipinski definition) is 2. The smallest absolute Gasteiger partial charge is 0.191 e. The van der Waals surface area contributed by atoms with E-state index in [2.05, 4.69) is 34.7 Å². The average molecular weight is 401 g/mol.